The van der Waals surface area contributed by atoms with Crippen LogP contribution in [-0.2, 0) is 11.3 Å². The first-order valence-corrected chi connectivity index (χ1v) is 4.44. The average molecular weight is 205 g/mol. The van der Waals surface area contributed by atoms with Crippen LogP contribution < -0.4 is 0 Å². The summed E-state index contributed by atoms with van der Waals surface area (Å²) >= 11 is 0. The Labute approximate surface area is 87.9 Å². The maximum Gasteiger partial charge on any atom is 0.354 e. The van der Waals surface area contributed by atoms with Gasteiger partial charge in [-0.05, 0) is 6.07 Å². The summed E-state index contributed by atoms with van der Waals surface area (Å²) in [7, 11) is 0. The molecule has 1 aromatic heterocycles. The van der Waals surface area contributed by atoms with Crippen LogP contribution in [0.4, 0.5) is 0 Å². The van der Waals surface area contributed by atoms with Gasteiger partial charge in [-0.3, -0.25) is 0 Å². The summed E-state index contributed by atoms with van der Waals surface area (Å²) in [6, 6.07) is 3.35. The lowest BCUT2D eigenvalue weighted by molar-refractivity contribution is 0.0680. The van der Waals surface area contributed by atoms with Gasteiger partial charge in [0, 0.05) is 18.2 Å². The molecule has 0 saturated heterocycles. The standard InChI is InChI=1S/C11H11NO3/c1-2-3-7-15-8-9-5-4-6-12-10(9)11(13)14/h1,4-6H,3,7-8H2,(H,13,14). The van der Waals surface area contributed by atoms with E-state index in [1.807, 2.05) is 0 Å². The van der Waals surface area contributed by atoms with Crippen molar-refractivity contribution < 1.29 is 14.6 Å². The number of carboxylic acid groups (broad SMARTS) is 1. The number of hydrogen-bond donors (Lipinski definition) is 1. The van der Waals surface area contributed by atoms with Crippen molar-refractivity contribution in [3.8, 4) is 12.3 Å². The van der Waals surface area contributed by atoms with Crippen LogP contribution in [0.2, 0.25) is 0 Å². The minimum absolute atomic E-state index is 0.0261. The minimum atomic E-state index is -1.05. The Hall–Kier alpha value is -1.86. The average Bonchev–Trinajstić information content (AvgIpc) is 2.25. The second kappa shape index (κ2) is 5.78. The Balaban J connectivity index is 2.60. The zero-order valence-corrected chi connectivity index (χ0v) is 8.14. The van der Waals surface area contributed by atoms with Crippen molar-refractivity contribution in [2.45, 2.75) is 13.0 Å². The number of terminal acetylenes is 1. The highest BCUT2D eigenvalue weighted by Gasteiger charge is 2.10. The lowest BCUT2D eigenvalue weighted by atomic mass is 10.2. The van der Waals surface area contributed by atoms with Crippen molar-refractivity contribution in [2.24, 2.45) is 0 Å². The second-order valence-electron chi connectivity index (χ2n) is 2.82. The van der Waals surface area contributed by atoms with Crippen molar-refractivity contribution in [1.82, 2.24) is 4.98 Å². The molecule has 0 bridgehead atoms. The van der Waals surface area contributed by atoms with Gasteiger partial charge in [0.2, 0.25) is 0 Å². The Morgan fingerprint density at radius 2 is 2.47 bits per heavy atom. The smallest absolute Gasteiger partial charge is 0.354 e. The fourth-order valence-electron chi connectivity index (χ4n) is 1.06. The number of carboxylic acids is 1. The molecule has 1 aromatic rings. The third kappa shape index (κ3) is 3.41. The molecule has 0 aliphatic carbocycles. The maximum absolute atomic E-state index is 10.8. The third-order valence-electron chi connectivity index (χ3n) is 1.74. The molecule has 0 amide bonds. The van der Waals surface area contributed by atoms with Crippen molar-refractivity contribution in [3.63, 3.8) is 0 Å². The van der Waals surface area contributed by atoms with Gasteiger partial charge in [-0.2, -0.15) is 0 Å². The quantitative estimate of drug-likeness (QED) is 0.581. The molecule has 0 aliphatic heterocycles. The summed E-state index contributed by atoms with van der Waals surface area (Å²) in [5, 5.41) is 8.82. The number of ether oxygens (including phenoxy) is 1. The van der Waals surface area contributed by atoms with Gasteiger partial charge in [0.25, 0.3) is 0 Å². The highest BCUT2D eigenvalue weighted by molar-refractivity contribution is 5.86. The second-order valence-corrected chi connectivity index (χ2v) is 2.82. The molecule has 0 fully saturated rings. The lowest BCUT2D eigenvalue weighted by Gasteiger charge is -2.04. The molecule has 0 aliphatic rings. The first-order chi connectivity index (χ1) is 7.25. The highest BCUT2D eigenvalue weighted by Crippen LogP contribution is 2.06. The summed E-state index contributed by atoms with van der Waals surface area (Å²) in [5.74, 6) is 1.38. The van der Waals surface area contributed by atoms with E-state index in [-0.39, 0.29) is 12.3 Å². The number of nitrogens with zero attached hydrogens (tertiary/aromatic N) is 1. The van der Waals surface area contributed by atoms with Crippen molar-refractivity contribution >= 4 is 5.97 Å². The molecule has 1 heterocycles. The number of aromatic nitrogens is 1. The number of pyridine rings is 1. The first kappa shape index (κ1) is 11.2. The number of hydrogen-bond acceptors (Lipinski definition) is 3. The Morgan fingerprint density at radius 3 is 3.13 bits per heavy atom. The van der Waals surface area contributed by atoms with E-state index >= 15 is 0 Å². The van der Waals surface area contributed by atoms with Crippen LogP contribution in [-0.4, -0.2) is 22.7 Å². The van der Waals surface area contributed by atoms with E-state index in [9.17, 15) is 4.79 Å². The van der Waals surface area contributed by atoms with Crippen LogP contribution in [0.25, 0.3) is 0 Å². The molecule has 78 valence electrons. The summed E-state index contributed by atoms with van der Waals surface area (Å²) in [6.45, 7) is 0.640. The molecule has 0 unspecified atom stereocenters. The SMILES string of the molecule is C#CCCOCc1cccnc1C(=O)O. The van der Waals surface area contributed by atoms with Crippen LogP contribution >= 0.6 is 0 Å². The number of aromatic carboxylic acids is 1. The number of rotatable bonds is 5. The molecule has 0 aromatic carbocycles. The van der Waals surface area contributed by atoms with Gasteiger partial charge < -0.3 is 9.84 Å². The third-order valence-corrected chi connectivity index (χ3v) is 1.74. The fourth-order valence-corrected chi connectivity index (χ4v) is 1.06. The molecule has 1 rings (SSSR count). The summed E-state index contributed by atoms with van der Waals surface area (Å²) < 4.78 is 5.21. The highest BCUT2D eigenvalue weighted by atomic mass is 16.5. The van der Waals surface area contributed by atoms with Crippen molar-refractivity contribution in [1.29, 1.82) is 0 Å². The van der Waals surface area contributed by atoms with Gasteiger partial charge >= 0.3 is 5.97 Å². The maximum atomic E-state index is 10.8. The zero-order valence-electron chi connectivity index (χ0n) is 8.14. The molecule has 0 radical (unpaired) electrons. The fraction of sp³-hybridized carbons (Fsp3) is 0.273. The van der Waals surface area contributed by atoms with Crippen LogP contribution in [0.3, 0.4) is 0 Å². The van der Waals surface area contributed by atoms with Gasteiger partial charge in [-0.15, -0.1) is 12.3 Å². The summed E-state index contributed by atoms with van der Waals surface area (Å²) in [5.41, 5.74) is 0.584. The monoisotopic (exact) mass is 205 g/mol. The van der Waals surface area contributed by atoms with E-state index in [1.165, 1.54) is 6.20 Å². The lowest BCUT2D eigenvalue weighted by Crippen LogP contribution is -2.07. The normalized spacial score (nSPS) is 9.53. The van der Waals surface area contributed by atoms with E-state index in [2.05, 4.69) is 10.9 Å². The van der Waals surface area contributed by atoms with Gasteiger partial charge in [0.15, 0.2) is 5.69 Å². The van der Waals surface area contributed by atoms with Crippen LogP contribution in [0, 0.1) is 12.3 Å². The molecule has 1 N–H and O–H groups in total. The zero-order chi connectivity index (χ0) is 11.1. The van der Waals surface area contributed by atoms with E-state index in [0.29, 0.717) is 18.6 Å². The Morgan fingerprint density at radius 1 is 1.67 bits per heavy atom. The van der Waals surface area contributed by atoms with Gasteiger partial charge in [0.05, 0.1) is 13.2 Å². The van der Waals surface area contributed by atoms with Gasteiger partial charge in [-0.1, -0.05) is 6.07 Å². The van der Waals surface area contributed by atoms with E-state index in [1.54, 1.807) is 12.1 Å². The summed E-state index contributed by atoms with van der Waals surface area (Å²) in [4.78, 5) is 14.5. The molecule has 4 nitrogen and oxygen atoms in total. The first-order valence-electron chi connectivity index (χ1n) is 4.44. The predicted octanol–water partition coefficient (Wildman–Crippen LogP) is 1.32. The van der Waals surface area contributed by atoms with Gasteiger partial charge in [0.1, 0.15) is 0 Å². The van der Waals surface area contributed by atoms with Crippen molar-refractivity contribution in [2.75, 3.05) is 6.61 Å². The molecule has 4 heteroatoms. The Bertz CT molecular complexity index is 382. The van der Waals surface area contributed by atoms with Crippen molar-refractivity contribution in [3.05, 3.63) is 29.6 Å². The predicted molar refractivity (Wildman–Crippen MR) is 54.3 cm³/mol. The number of carbonyl (C=O) groups is 1. The van der Waals surface area contributed by atoms with E-state index < -0.39 is 5.97 Å². The molecular weight excluding hydrogens is 194 g/mol. The van der Waals surface area contributed by atoms with Gasteiger partial charge in [-0.25, -0.2) is 9.78 Å². The molecule has 0 atom stereocenters. The van der Waals surface area contributed by atoms with Crippen LogP contribution in [0.5, 0.6) is 0 Å². The van der Waals surface area contributed by atoms with Crippen LogP contribution in [0.15, 0.2) is 18.3 Å². The Kier molecular flexibility index (Phi) is 4.32. The van der Waals surface area contributed by atoms with E-state index in [4.69, 9.17) is 16.3 Å². The minimum Gasteiger partial charge on any atom is -0.477 e. The molecular formula is C11H11NO3. The molecule has 0 saturated carbocycles. The van der Waals surface area contributed by atoms with E-state index in [0.717, 1.165) is 0 Å². The molecule has 0 spiro atoms. The summed E-state index contributed by atoms with van der Waals surface area (Å²) in [6.07, 6.45) is 7.01. The largest absolute Gasteiger partial charge is 0.477 e. The topological polar surface area (TPSA) is 59.4 Å². The molecule has 15 heavy (non-hydrogen) atoms. The van der Waals surface area contributed by atoms with Crippen LogP contribution in [0.1, 0.15) is 22.5 Å².